The summed E-state index contributed by atoms with van der Waals surface area (Å²) in [5, 5.41) is 0. The molecule has 0 radical (unpaired) electrons. The van der Waals surface area contributed by atoms with Gasteiger partial charge in [-0.3, -0.25) is 4.99 Å². The fourth-order valence-corrected chi connectivity index (χ4v) is 2.91. The monoisotopic (exact) mass is 303 g/mol. The van der Waals surface area contributed by atoms with Crippen molar-refractivity contribution in [3.8, 4) is 11.3 Å². The van der Waals surface area contributed by atoms with Crippen molar-refractivity contribution >= 4 is 5.71 Å². The normalized spacial score (nSPS) is 12.9. The van der Waals surface area contributed by atoms with E-state index in [0.717, 1.165) is 27.9 Å². The van der Waals surface area contributed by atoms with E-state index in [4.69, 9.17) is 0 Å². The third kappa shape index (κ3) is 2.32. The second kappa shape index (κ2) is 5.39. The van der Waals surface area contributed by atoms with E-state index in [9.17, 15) is 4.39 Å². The van der Waals surface area contributed by atoms with Crippen LogP contribution in [0, 0.1) is 12.7 Å². The third-order valence-electron chi connectivity index (χ3n) is 4.01. The lowest BCUT2D eigenvalue weighted by Crippen LogP contribution is -2.07. The Kier molecular flexibility index (Phi) is 3.23. The van der Waals surface area contributed by atoms with Gasteiger partial charge in [-0.1, -0.05) is 29.8 Å². The predicted molar refractivity (Wildman–Crippen MR) is 87.9 cm³/mol. The van der Waals surface area contributed by atoms with Crippen LogP contribution in [0.3, 0.4) is 0 Å². The molecule has 3 nitrogen and oxygen atoms in total. The van der Waals surface area contributed by atoms with Gasteiger partial charge in [0.2, 0.25) is 0 Å². The number of halogens is 1. The van der Waals surface area contributed by atoms with Gasteiger partial charge in [0.05, 0.1) is 18.0 Å². The van der Waals surface area contributed by atoms with Crippen LogP contribution in [-0.2, 0) is 6.54 Å². The molecule has 0 aliphatic carbocycles. The van der Waals surface area contributed by atoms with Crippen molar-refractivity contribution in [3.05, 3.63) is 83.1 Å². The molecule has 0 saturated heterocycles. The highest BCUT2D eigenvalue weighted by molar-refractivity contribution is 6.17. The zero-order valence-electron chi connectivity index (χ0n) is 12.6. The topological polar surface area (TPSA) is 38.1 Å². The molecule has 3 aromatic rings. The fourth-order valence-electron chi connectivity index (χ4n) is 2.91. The van der Waals surface area contributed by atoms with Crippen LogP contribution in [0.2, 0.25) is 0 Å². The van der Waals surface area contributed by atoms with E-state index in [1.165, 1.54) is 12.4 Å². The summed E-state index contributed by atoms with van der Waals surface area (Å²) in [7, 11) is 0. The molecule has 0 fully saturated rings. The van der Waals surface area contributed by atoms with Gasteiger partial charge in [-0.05, 0) is 25.1 Å². The lowest BCUT2D eigenvalue weighted by atomic mass is 9.93. The number of aliphatic imine (C=N–C) groups is 1. The van der Waals surface area contributed by atoms with Gasteiger partial charge in [0.25, 0.3) is 0 Å². The molecule has 4 rings (SSSR count). The number of aromatic nitrogens is 2. The SMILES string of the molecule is Cc1ccc2c(c1)C(c1ccccc1F)=NCc1cncnc1-2. The summed E-state index contributed by atoms with van der Waals surface area (Å²) < 4.78 is 14.3. The molecule has 0 amide bonds. The molecule has 2 heterocycles. The van der Waals surface area contributed by atoms with E-state index in [-0.39, 0.29) is 5.82 Å². The summed E-state index contributed by atoms with van der Waals surface area (Å²) >= 11 is 0. The van der Waals surface area contributed by atoms with Crippen molar-refractivity contribution in [3.63, 3.8) is 0 Å². The molecule has 0 saturated carbocycles. The Morgan fingerprint density at radius 1 is 1.00 bits per heavy atom. The van der Waals surface area contributed by atoms with E-state index in [1.807, 2.05) is 31.2 Å². The number of hydrogen-bond acceptors (Lipinski definition) is 3. The highest BCUT2D eigenvalue weighted by atomic mass is 19.1. The van der Waals surface area contributed by atoms with Crippen LogP contribution < -0.4 is 0 Å². The second-order valence-corrected chi connectivity index (χ2v) is 5.59. The van der Waals surface area contributed by atoms with Crippen LogP contribution in [0.25, 0.3) is 11.3 Å². The van der Waals surface area contributed by atoms with Crippen LogP contribution in [0.4, 0.5) is 4.39 Å². The van der Waals surface area contributed by atoms with E-state index in [0.29, 0.717) is 17.8 Å². The summed E-state index contributed by atoms with van der Waals surface area (Å²) in [6.45, 7) is 2.46. The van der Waals surface area contributed by atoms with Crippen molar-refractivity contribution < 1.29 is 4.39 Å². The summed E-state index contributed by atoms with van der Waals surface area (Å²) in [5.41, 5.74) is 5.97. The smallest absolute Gasteiger partial charge is 0.132 e. The summed E-state index contributed by atoms with van der Waals surface area (Å²) in [6.07, 6.45) is 3.32. The number of aryl methyl sites for hydroxylation is 1. The van der Waals surface area contributed by atoms with Gasteiger partial charge in [0.15, 0.2) is 0 Å². The molecule has 0 atom stereocenters. The van der Waals surface area contributed by atoms with Crippen molar-refractivity contribution in [2.75, 3.05) is 0 Å². The summed E-state index contributed by atoms with van der Waals surface area (Å²) in [6, 6.07) is 12.8. The number of nitrogens with zero attached hydrogens (tertiary/aromatic N) is 3. The molecule has 23 heavy (non-hydrogen) atoms. The van der Waals surface area contributed by atoms with Crippen molar-refractivity contribution in [1.29, 1.82) is 0 Å². The zero-order chi connectivity index (χ0) is 15.8. The molecule has 0 unspecified atom stereocenters. The van der Waals surface area contributed by atoms with Crippen LogP contribution >= 0.6 is 0 Å². The first-order valence-corrected chi connectivity index (χ1v) is 7.43. The maximum atomic E-state index is 14.3. The molecule has 1 aliphatic rings. The Hall–Kier alpha value is -2.88. The van der Waals surface area contributed by atoms with Gasteiger partial charge in [0.1, 0.15) is 12.1 Å². The largest absolute Gasteiger partial charge is 0.279 e. The molecule has 112 valence electrons. The molecule has 0 N–H and O–H groups in total. The summed E-state index contributed by atoms with van der Waals surface area (Å²) in [5.74, 6) is -0.268. The molecule has 4 heteroatoms. The Bertz CT molecular complexity index is 931. The molecule has 1 aromatic heterocycles. The minimum Gasteiger partial charge on any atom is -0.279 e. The standard InChI is InChI=1S/C19H14FN3/c1-12-6-7-14-16(8-12)19(15-4-2-3-5-17(15)20)22-10-13-9-21-11-23-18(13)14/h2-9,11H,10H2,1H3. The maximum Gasteiger partial charge on any atom is 0.132 e. The first-order chi connectivity index (χ1) is 11.2. The molecule has 1 aliphatic heterocycles. The third-order valence-corrected chi connectivity index (χ3v) is 4.01. The quantitative estimate of drug-likeness (QED) is 0.683. The van der Waals surface area contributed by atoms with E-state index >= 15 is 0 Å². The first-order valence-electron chi connectivity index (χ1n) is 7.43. The molecule has 0 spiro atoms. The van der Waals surface area contributed by atoms with E-state index in [2.05, 4.69) is 15.0 Å². The Morgan fingerprint density at radius 2 is 1.87 bits per heavy atom. The number of benzene rings is 2. The highest BCUT2D eigenvalue weighted by Crippen LogP contribution is 2.31. The molecular weight excluding hydrogens is 289 g/mol. The Morgan fingerprint density at radius 3 is 2.74 bits per heavy atom. The number of fused-ring (bicyclic) bond motifs is 3. The van der Waals surface area contributed by atoms with Crippen LogP contribution in [0.15, 0.2) is 60.0 Å². The van der Waals surface area contributed by atoms with Gasteiger partial charge in [-0.25, -0.2) is 14.4 Å². The second-order valence-electron chi connectivity index (χ2n) is 5.59. The lowest BCUT2D eigenvalue weighted by molar-refractivity contribution is 0.625. The van der Waals surface area contributed by atoms with Gasteiger partial charge in [0, 0.05) is 28.5 Å². The predicted octanol–water partition coefficient (Wildman–Crippen LogP) is 3.94. The lowest BCUT2D eigenvalue weighted by Gasteiger charge is -2.12. The average molecular weight is 303 g/mol. The van der Waals surface area contributed by atoms with Gasteiger partial charge < -0.3 is 0 Å². The Labute approximate surface area is 133 Å². The van der Waals surface area contributed by atoms with Crippen molar-refractivity contribution in [2.45, 2.75) is 13.5 Å². The van der Waals surface area contributed by atoms with E-state index < -0.39 is 0 Å². The van der Waals surface area contributed by atoms with Crippen molar-refractivity contribution in [2.24, 2.45) is 4.99 Å². The number of hydrogen-bond donors (Lipinski definition) is 0. The number of rotatable bonds is 1. The van der Waals surface area contributed by atoms with Gasteiger partial charge in [-0.15, -0.1) is 0 Å². The van der Waals surface area contributed by atoms with E-state index in [1.54, 1.807) is 18.3 Å². The molecule has 2 aromatic carbocycles. The maximum absolute atomic E-state index is 14.3. The summed E-state index contributed by atoms with van der Waals surface area (Å²) in [4.78, 5) is 13.2. The minimum atomic E-state index is -0.268. The van der Waals surface area contributed by atoms with Gasteiger partial charge in [-0.2, -0.15) is 0 Å². The average Bonchev–Trinajstić information content (AvgIpc) is 2.72. The Balaban J connectivity index is 2.02. The van der Waals surface area contributed by atoms with Crippen LogP contribution in [0.1, 0.15) is 22.3 Å². The molecule has 0 bridgehead atoms. The van der Waals surface area contributed by atoms with Crippen molar-refractivity contribution in [1.82, 2.24) is 9.97 Å². The van der Waals surface area contributed by atoms with Crippen LogP contribution in [0.5, 0.6) is 0 Å². The fraction of sp³-hybridized carbons (Fsp3) is 0.105. The zero-order valence-corrected chi connectivity index (χ0v) is 12.6. The highest BCUT2D eigenvalue weighted by Gasteiger charge is 2.21. The van der Waals surface area contributed by atoms with Gasteiger partial charge >= 0.3 is 0 Å². The first kappa shape index (κ1) is 13.8. The molecular formula is C19H14FN3. The minimum absolute atomic E-state index is 0.268. The van der Waals surface area contributed by atoms with Crippen LogP contribution in [-0.4, -0.2) is 15.7 Å².